The lowest BCUT2D eigenvalue weighted by molar-refractivity contribution is 0.252. The Morgan fingerprint density at radius 3 is 2.40 bits per heavy atom. The second-order valence-corrected chi connectivity index (χ2v) is 5.53. The monoisotopic (exact) mass is 317 g/mol. The fraction of sp³-hybridized carbons (Fsp3) is 0.143. The third kappa shape index (κ3) is 4.65. The molecule has 0 heterocycles. The molecule has 6 heteroatoms. The van der Waals surface area contributed by atoms with Gasteiger partial charge in [-0.15, -0.1) is 0 Å². The molecule has 0 aliphatic heterocycles. The molecule has 0 saturated carbocycles. The molecule has 0 aliphatic rings. The number of rotatable bonds is 5. The van der Waals surface area contributed by atoms with Gasteiger partial charge in [0.05, 0.1) is 0 Å². The molecule has 0 spiro atoms. The molecule has 2 rings (SSSR count). The standard InChI is InChI=1S/C14H11ClF3NS/c15-10-5-9(6-11(16)7-10)8-19-12-1-3-13(4-2-12)20-14(17)18/h1-7,14,19H,8H2. The summed E-state index contributed by atoms with van der Waals surface area (Å²) in [6.07, 6.45) is 0. The highest BCUT2D eigenvalue weighted by Gasteiger charge is 2.05. The maximum absolute atomic E-state index is 13.1. The molecule has 1 nitrogen and oxygen atoms in total. The fourth-order valence-corrected chi connectivity index (χ4v) is 2.41. The number of hydrogen-bond acceptors (Lipinski definition) is 2. The molecule has 106 valence electrons. The Bertz CT molecular complexity index is 555. The van der Waals surface area contributed by atoms with Crippen LogP contribution in [0.4, 0.5) is 18.9 Å². The van der Waals surface area contributed by atoms with Crippen LogP contribution in [0, 0.1) is 5.82 Å². The number of alkyl halides is 2. The molecule has 2 aromatic carbocycles. The first-order chi connectivity index (χ1) is 9.52. The quantitative estimate of drug-likeness (QED) is 0.740. The van der Waals surface area contributed by atoms with Gasteiger partial charge in [0.1, 0.15) is 5.82 Å². The van der Waals surface area contributed by atoms with Crippen molar-refractivity contribution in [2.24, 2.45) is 0 Å². The lowest BCUT2D eigenvalue weighted by Crippen LogP contribution is -1.99. The van der Waals surface area contributed by atoms with Gasteiger partial charge in [-0.2, -0.15) is 8.78 Å². The highest BCUT2D eigenvalue weighted by atomic mass is 35.5. The third-order valence-corrected chi connectivity index (χ3v) is 3.44. The molecular weight excluding hydrogens is 307 g/mol. The Labute approximate surface area is 124 Å². The van der Waals surface area contributed by atoms with Gasteiger partial charge in [0.15, 0.2) is 0 Å². The molecule has 0 fully saturated rings. The summed E-state index contributed by atoms with van der Waals surface area (Å²) in [5.41, 5.74) is 1.48. The first-order valence-electron chi connectivity index (χ1n) is 5.76. The maximum atomic E-state index is 13.1. The second kappa shape index (κ2) is 6.90. The van der Waals surface area contributed by atoms with Crippen LogP contribution in [-0.4, -0.2) is 5.76 Å². The topological polar surface area (TPSA) is 12.0 Å². The summed E-state index contributed by atoms with van der Waals surface area (Å²) < 4.78 is 37.5. The van der Waals surface area contributed by atoms with Crippen LogP contribution in [0.15, 0.2) is 47.4 Å². The molecule has 2 aromatic rings. The summed E-state index contributed by atoms with van der Waals surface area (Å²) in [6.45, 7) is 0.402. The Morgan fingerprint density at radius 2 is 1.80 bits per heavy atom. The number of hydrogen-bond donors (Lipinski definition) is 1. The Morgan fingerprint density at radius 1 is 1.10 bits per heavy atom. The summed E-state index contributed by atoms with van der Waals surface area (Å²) in [5.74, 6) is -2.82. The minimum Gasteiger partial charge on any atom is -0.381 e. The fourth-order valence-electron chi connectivity index (χ4n) is 1.67. The smallest absolute Gasteiger partial charge is 0.288 e. The van der Waals surface area contributed by atoms with E-state index in [4.69, 9.17) is 11.6 Å². The van der Waals surface area contributed by atoms with Crippen molar-refractivity contribution in [2.75, 3.05) is 5.32 Å². The number of halogens is 4. The Kier molecular flexibility index (Phi) is 5.20. The van der Waals surface area contributed by atoms with Crippen LogP contribution in [0.2, 0.25) is 5.02 Å². The zero-order chi connectivity index (χ0) is 14.5. The second-order valence-electron chi connectivity index (χ2n) is 4.03. The van der Waals surface area contributed by atoms with Crippen molar-refractivity contribution in [2.45, 2.75) is 17.2 Å². The van der Waals surface area contributed by atoms with Crippen LogP contribution < -0.4 is 5.32 Å². The van der Waals surface area contributed by atoms with E-state index in [2.05, 4.69) is 5.32 Å². The summed E-state index contributed by atoms with van der Waals surface area (Å²) in [7, 11) is 0. The van der Waals surface area contributed by atoms with Crippen LogP contribution >= 0.6 is 23.4 Å². The van der Waals surface area contributed by atoms with Gasteiger partial charge in [0.2, 0.25) is 0 Å². The first kappa shape index (κ1) is 15.1. The van der Waals surface area contributed by atoms with Crippen LogP contribution in [0.5, 0.6) is 0 Å². The highest BCUT2D eigenvalue weighted by molar-refractivity contribution is 7.99. The van der Waals surface area contributed by atoms with Crippen LogP contribution in [0.25, 0.3) is 0 Å². The SMILES string of the molecule is Fc1cc(Cl)cc(CNc2ccc(SC(F)F)cc2)c1. The predicted octanol–water partition coefficient (Wildman–Crippen LogP) is 5.41. The van der Waals surface area contributed by atoms with Gasteiger partial charge in [0, 0.05) is 22.2 Å². The molecule has 0 bridgehead atoms. The third-order valence-electron chi connectivity index (χ3n) is 2.50. The van der Waals surface area contributed by atoms with Crippen molar-refractivity contribution in [3.63, 3.8) is 0 Å². The molecule has 0 amide bonds. The van der Waals surface area contributed by atoms with Crippen molar-refractivity contribution < 1.29 is 13.2 Å². The van der Waals surface area contributed by atoms with Gasteiger partial charge in [-0.3, -0.25) is 0 Å². The van der Waals surface area contributed by atoms with E-state index in [1.807, 2.05) is 0 Å². The van der Waals surface area contributed by atoms with Gasteiger partial charge < -0.3 is 5.32 Å². The molecule has 0 radical (unpaired) electrons. The zero-order valence-corrected chi connectivity index (χ0v) is 11.8. The summed E-state index contributed by atoms with van der Waals surface area (Å²) in [6, 6.07) is 10.9. The first-order valence-corrected chi connectivity index (χ1v) is 7.02. The van der Waals surface area contributed by atoms with Crippen LogP contribution in [0.3, 0.4) is 0 Å². The van der Waals surface area contributed by atoms with E-state index in [-0.39, 0.29) is 0 Å². The number of anilines is 1. The average Bonchev–Trinajstić information content (AvgIpc) is 2.36. The van der Waals surface area contributed by atoms with Gasteiger partial charge in [-0.25, -0.2) is 4.39 Å². The molecular formula is C14H11ClF3NS. The normalized spacial score (nSPS) is 10.8. The molecule has 20 heavy (non-hydrogen) atoms. The molecule has 0 unspecified atom stereocenters. The van der Waals surface area contributed by atoms with Crippen LogP contribution in [-0.2, 0) is 6.54 Å². The van der Waals surface area contributed by atoms with Crippen molar-refractivity contribution in [1.29, 1.82) is 0 Å². The summed E-state index contributed by atoms with van der Waals surface area (Å²) in [4.78, 5) is 0.499. The van der Waals surface area contributed by atoms with Crippen molar-refractivity contribution in [3.05, 3.63) is 58.9 Å². The molecule has 0 saturated heterocycles. The number of thioether (sulfide) groups is 1. The van der Waals surface area contributed by atoms with Crippen molar-refractivity contribution >= 4 is 29.1 Å². The molecule has 1 N–H and O–H groups in total. The van der Waals surface area contributed by atoms with Gasteiger partial charge in [-0.05, 0) is 48.0 Å². The lowest BCUT2D eigenvalue weighted by Gasteiger charge is -2.08. The van der Waals surface area contributed by atoms with E-state index in [1.54, 1.807) is 30.3 Å². The average molecular weight is 318 g/mol. The Hall–Kier alpha value is -1.33. The van der Waals surface area contributed by atoms with Crippen molar-refractivity contribution in [3.8, 4) is 0 Å². The van der Waals surface area contributed by atoms with E-state index in [1.165, 1.54) is 12.1 Å². The molecule has 0 aromatic heterocycles. The van der Waals surface area contributed by atoms with Crippen LogP contribution in [0.1, 0.15) is 5.56 Å². The van der Waals surface area contributed by atoms with Gasteiger partial charge >= 0.3 is 0 Å². The van der Waals surface area contributed by atoms with E-state index in [0.717, 1.165) is 5.69 Å². The summed E-state index contributed by atoms with van der Waals surface area (Å²) in [5, 5.41) is 3.41. The zero-order valence-electron chi connectivity index (χ0n) is 10.2. The highest BCUT2D eigenvalue weighted by Crippen LogP contribution is 2.26. The number of benzene rings is 2. The minimum atomic E-state index is -2.43. The summed E-state index contributed by atoms with van der Waals surface area (Å²) >= 11 is 6.26. The van der Waals surface area contributed by atoms with E-state index in [9.17, 15) is 13.2 Å². The van der Waals surface area contributed by atoms with E-state index in [0.29, 0.717) is 33.8 Å². The van der Waals surface area contributed by atoms with Gasteiger partial charge in [0.25, 0.3) is 5.76 Å². The number of nitrogens with one attached hydrogen (secondary N) is 1. The Balaban J connectivity index is 1.96. The van der Waals surface area contributed by atoms with Crippen molar-refractivity contribution in [1.82, 2.24) is 0 Å². The largest absolute Gasteiger partial charge is 0.381 e. The van der Waals surface area contributed by atoms with Gasteiger partial charge in [-0.1, -0.05) is 23.4 Å². The van der Waals surface area contributed by atoms with E-state index >= 15 is 0 Å². The lowest BCUT2D eigenvalue weighted by atomic mass is 10.2. The molecule has 0 atom stereocenters. The maximum Gasteiger partial charge on any atom is 0.288 e. The minimum absolute atomic E-state index is 0.338. The van der Waals surface area contributed by atoms with E-state index < -0.39 is 11.6 Å². The predicted molar refractivity (Wildman–Crippen MR) is 77.0 cm³/mol. The molecule has 0 aliphatic carbocycles.